The number of hydrogen-bond acceptors (Lipinski definition) is 1. The van der Waals surface area contributed by atoms with E-state index in [9.17, 15) is 9.65 Å². The lowest BCUT2D eigenvalue weighted by Gasteiger charge is -2.11. The molecule has 0 saturated heterocycles. The van der Waals surface area contributed by atoms with Gasteiger partial charge in [-0.05, 0) is 29.5 Å². The summed E-state index contributed by atoms with van der Waals surface area (Å²) in [7, 11) is 0. The molecule has 1 atom stereocenters. The SMILES string of the molecule is CC1(C)CC1(C#N)c1ccc(F)cc1. The predicted octanol–water partition coefficient (Wildman–Crippen LogP) is 3.02. The Kier molecular flexibility index (Phi) is 1.69. The first kappa shape index (κ1) is 9.21. The molecule has 1 fully saturated rings. The Morgan fingerprint density at radius 3 is 2.14 bits per heavy atom. The van der Waals surface area contributed by atoms with Gasteiger partial charge in [0.15, 0.2) is 0 Å². The molecule has 14 heavy (non-hydrogen) atoms. The Hall–Kier alpha value is -1.36. The topological polar surface area (TPSA) is 23.8 Å². The molecule has 72 valence electrons. The van der Waals surface area contributed by atoms with E-state index in [0.717, 1.165) is 12.0 Å². The van der Waals surface area contributed by atoms with E-state index in [1.807, 2.05) is 0 Å². The van der Waals surface area contributed by atoms with Crippen molar-refractivity contribution < 1.29 is 4.39 Å². The molecule has 1 aromatic carbocycles. The van der Waals surface area contributed by atoms with Gasteiger partial charge in [0.05, 0.1) is 11.5 Å². The smallest absolute Gasteiger partial charge is 0.123 e. The van der Waals surface area contributed by atoms with Gasteiger partial charge in [-0.15, -0.1) is 0 Å². The van der Waals surface area contributed by atoms with Crippen LogP contribution in [0.25, 0.3) is 0 Å². The molecule has 1 aromatic rings. The molecule has 0 aliphatic heterocycles. The van der Waals surface area contributed by atoms with Gasteiger partial charge < -0.3 is 0 Å². The second-order valence-corrected chi connectivity index (χ2v) is 4.58. The van der Waals surface area contributed by atoms with Gasteiger partial charge in [-0.3, -0.25) is 0 Å². The van der Waals surface area contributed by atoms with Crippen molar-refractivity contribution in [2.45, 2.75) is 25.7 Å². The maximum atomic E-state index is 12.7. The average molecular weight is 189 g/mol. The highest BCUT2D eigenvalue weighted by Gasteiger charge is 2.62. The highest BCUT2D eigenvalue weighted by Crippen LogP contribution is 2.63. The van der Waals surface area contributed by atoms with Crippen LogP contribution < -0.4 is 0 Å². The molecular weight excluding hydrogens is 177 g/mol. The summed E-state index contributed by atoms with van der Waals surface area (Å²) >= 11 is 0. The fourth-order valence-corrected chi connectivity index (χ4v) is 2.10. The van der Waals surface area contributed by atoms with Gasteiger partial charge in [0, 0.05) is 0 Å². The maximum Gasteiger partial charge on any atom is 0.123 e. The summed E-state index contributed by atoms with van der Waals surface area (Å²) in [4.78, 5) is 0. The van der Waals surface area contributed by atoms with E-state index < -0.39 is 0 Å². The van der Waals surface area contributed by atoms with Gasteiger partial charge >= 0.3 is 0 Å². The number of hydrogen-bond donors (Lipinski definition) is 0. The molecule has 2 heteroatoms. The van der Waals surface area contributed by atoms with Crippen molar-refractivity contribution >= 4 is 0 Å². The number of benzene rings is 1. The summed E-state index contributed by atoms with van der Waals surface area (Å²) in [5, 5.41) is 9.17. The number of nitrogens with zero attached hydrogens (tertiary/aromatic N) is 1. The summed E-state index contributed by atoms with van der Waals surface area (Å²) in [6.45, 7) is 4.14. The van der Waals surface area contributed by atoms with Crippen LogP contribution in [0.4, 0.5) is 4.39 Å². The van der Waals surface area contributed by atoms with Crippen molar-refractivity contribution in [2.75, 3.05) is 0 Å². The lowest BCUT2D eigenvalue weighted by Crippen LogP contribution is -2.11. The largest absolute Gasteiger partial charge is 0.207 e. The van der Waals surface area contributed by atoms with Crippen molar-refractivity contribution in [2.24, 2.45) is 5.41 Å². The summed E-state index contributed by atoms with van der Waals surface area (Å²) in [5.41, 5.74) is 0.576. The van der Waals surface area contributed by atoms with Crippen LogP contribution in [0.3, 0.4) is 0 Å². The minimum Gasteiger partial charge on any atom is -0.207 e. The van der Waals surface area contributed by atoms with Crippen LogP contribution in [-0.2, 0) is 5.41 Å². The van der Waals surface area contributed by atoms with Crippen LogP contribution in [-0.4, -0.2) is 0 Å². The lowest BCUT2D eigenvalue weighted by atomic mass is 9.89. The van der Waals surface area contributed by atoms with Gasteiger partial charge in [0.2, 0.25) is 0 Å². The van der Waals surface area contributed by atoms with Crippen LogP contribution in [0.1, 0.15) is 25.8 Å². The third kappa shape index (κ3) is 1.05. The Bertz CT molecular complexity index is 399. The molecular formula is C12H12FN. The summed E-state index contributed by atoms with van der Waals surface area (Å²) in [6, 6.07) is 8.63. The molecule has 0 radical (unpaired) electrons. The van der Waals surface area contributed by atoms with Crippen LogP contribution in [0.2, 0.25) is 0 Å². The first-order valence-corrected chi connectivity index (χ1v) is 4.69. The molecule has 0 aromatic heterocycles. The zero-order valence-electron chi connectivity index (χ0n) is 8.34. The molecule has 1 aliphatic carbocycles. The Morgan fingerprint density at radius 2 is 1.79 bits per heavy atom. The standard InChI is InChI=1S/C12H12FN/c1-11(2)7-12(11,8-14)9-3-5-10(13)6-4-9/h3-6H,7H2,1-2H3. The molecule has 0 N–H and O–H groups in total. The maximum absolute atomic E-state index is 12.7. The van der Waals surface area contributed by atoms with Crippen molar-refractivity contribution in [1.82, 2.24) is 0 Å². The van der Waals surface area contributed by atoms with E-state index in [2.05, 4.69) is 19.9 Å². The van der Waals surface area contributed by atoms with Crippen molar-refractivity contribution in [3.05, 3.63) is 35.6 Å². The first-order valence-electron chi connectivity index (χ1n) is 4.69. The quantitative estimate of drug-likeness (QED) is 0.666. The van der Waals surface area contributed by atoms with E-state index >= 15 is 0 Å². The third-order valence-corrected chi connectivity index (χ3v) is 3.27. The predicted molar refractivity (Wildman–Crippen MR) is 52.1 cm³/mol. The van der Waals surface area contributed by atoms with Gasteiger partial charge in [0.25, 0.3) is 0 Å². The highest BCUT2D eigenvalue weighted by molar-refractivity contribution is 5.44. The van der Waals surface area contributed by atoms with Crippen LogP contribution in [0, 0.1) is 22.6 Å². The molecule has 1 aliphatic rings. The first-order chi connectivity index (χ1) is 6.52. The van der Waals surface area contributed by atoms with Crippen molar-refractivity contribution in [3.8, 4) is 6.07 Å². The molecule has 1 saturated carbocycles. The van der Waals surface area contributed by atoms with Crippen LogP contribution in [0.15, 0.2) is 24.3 Å². The number of nitriles is 1. The van der Waals surface area contributed by atoms with Crippen LogP contribution >= 0.6 is 0 Å². The van der Waals surface area contributed by atoms with E-state index in [-0.39, 0.29) is 16.6 Å². The minimum atomic E-state index is -0.388. The number of halogens is 1. The Balaban J connectivity index is 2.42. The zero-order chi connectivity index (χ0) is 10.4. The van der Waals surface area contributed by atoms with Crippen molar-refractivity contribution in [1.29, 1.82) is 5.26 Å². The van der Waals surface area contributed by atoms with E-state index in [1.165, 1.54) is 12.1 Å². The minimum absolute atomic E-state index is 0.0274. The normalized spacial score (nSPS) is 28.1. The van der Waals surface area contributed by atoms with Gasteiger partial charge in [-0.1, -0.05) is 26.0 Å². The summed E-state index contributed by atoms with van der Waals surface area (Å²) in [6.07, 6.45) is 0.863. The monoisotopic (exact) mass is 189 g/mol. The Labute approximate surface area is 83.2 Å². The molecule has 0 spiro atoms. The second kappa shape index (κ2) is 2.57. The van der Waals surface area contributed by atoms with Crippen LogP contribution in [0.5, 0.6) is 0 Å². The molecule has 0 heterocycles. The van der Waals surface area contributed by atoms with E-state index in [4.69, 9.17) is 0 Å². The van der Waals surface area contributed by atoms with E-state index in [0.29, 0.717) is 0 Å². The molecule has 1 unspecified atom stereocenters. The summed E-state index contributed by atoms with van der Waals surface area (Å²) in [5.74, 6) is -0.250. The van der Waals surface area contributed by atoms with Gasteiger partial charge in [0.1, 0.15) is 5.82 Å². The fraction of sp³-hybridized carbons (Fsp3) is 0.417. The molecule has 0 bridgehead atoms. The van der Waals surface area contributed by atoms with Gasteiger partial charge in [-0.25, -0.2) is 4.39 Å². The van der Waals surface area contributed by atoms with E-state index in [1.54, 1.807) is 12.1 Å². The molecule has 1 nitrogen and oxygen atoms in total. The zero-order valence-corrected chi connectivity index (χ0v) is 8.34. The summed E-state index contributed by atoms with van der Waals surface area (Å²) < 4.78 is 12.7. The lowest BCUT2D eigenvalue weighted by molar-refractivity contribution is 0.568. The molecule has 2 rings (SSSR count). The fourth-order valence-electron chi connectivity index (χ4n) is 2.10. The Morgan fingerprint density at radius 1 is 1.29 bits per heavy atom. The second-order valence-electron chi connectivity index (χ2n) is 4.58. The molecule has 0 amide bonds. The number of rotatable bonds is 1. The average Bonchev–Trinajstić information content (AvgIpc) is 2.71. The third-order valence-electron chi connectivity index (χ3n) is 3.27. The highest BCUT2D eigenvalue weighted by atomic mass is 19.1. The van der Waals surface area contributed by atoms with Gasteiger partial charge in [-0.2, -0.15) is 5.26 Å². The van der Waals surface area contributed by atoms with Crippen molar-refractivity contribution in [3.63, 3.8) is 0 Å².